The van der Waals surface area contributed by atoms with Gasteiger partial charge >= 0.3 is 145 Å². The van der Waals surface area contributed by atoms with Crippen LogP contribution in [0, 0.1) is 0 Å². The Hall–Kier alpha value is -0.0105. The van der Waals surface area contributed by atoms with E-state index in [1.54, 1.807) is 0 Å². The topological polar surface area (TPSA) is 15.6 Å². The zero-order valence-electron chi connectivity index (χ0n) is 14.1. The van der Waals surface area contributed by atoms with Crippen molar-refractivity contribution in [2.45, 2.75) is 114 Å². The van der Waals surface area contributed by atoms with Crippen LogP contribution in [0.15, 0.2) is 4.99 Å². The molecule has 0 unspecified atom stereocenters. The van der Waals surface area contributed by atoms with Crippen LogP contribution < -0.4 is 0 Å². The second-order valence-corrected chi connectivity index (χ2v) is 8.46. The van der Waals surface area contributed by atoms with Gasteiger partial charge in [0, 0.05) is 0 Å². The van der Waals surface area contributed by atoms with Crippen molar-refractivity contribution in [2.24, 2.45) is 4.99 Å². The van der Waals surface area contributed by atoms with E-state index in [-0.39, 0.29) is 0 Å². The second kappa shape index (κ2) is 8.73. The molecule has 3 fully saturated rings. The molecule has 0 aromatic carbocycles. The van der Waals surface area contributed by atoms with Gasteiger partial charge in [-0.2, -0.15) is 0 Å². The van der Waals surface area contributed by atoms with Gasteiger partial charge in [0.2, 0.25) is 0 Å². The van der Waals surface area contributed by atoms with Crippen molar-refractivity contribution in [1.82, 2.24) is 4.90 Å². The zero-order chi connectivity index (χ0) is 15.2. The van der Waals surface area contributed by atoms with Crippen molar-refractivity contribution in [3.63, 3.8) is 0 Å². The Morgan fingerprint density at radius 3 is 1.50 bits per heavy atom. The molecule has 0 aromatic rings. The van der Waals surface area contributed by atoms with Gasteiger partial charge in [0.15, 0.2) is 0 Å². The molecular formula is C19H33N2Se. The fraction of sp³-hybridized carbons (Fsp3) is 0.947. The van der Waals surface area contributed by atoms with Crippen LogP contribution >= 0.6 is 0 Å². The molecule has 0 atom stereocenters. The molecular weight excluding hydrogens is 335 g/mol. The van der Waals surface area contributed by atoms with E-state index < -0.39 is 0 Å². The van der Waals surface area contributed by atoms with E-state index in [1.165, 1.54) is 101 Å². The molecule has 3 rings (SSSR count). The zero-order valence-corrected chi connectivity index (χ0v) is 15.9. The summed E-state index contributed by atoms with van der Waals surface area (Å²) in [4.78, 5) is 7.93. The minimum absolute atomic E-state index is 0.597. The first-order chi connectivity index (χ1) is 10.8. The number of rotatable bonds is 3. The Balaban J connectivity index is 1.71. The molecule has 2 nitrogen and oxygen atoms in total. The summed E-state index contributed by atoms with van der Waals surface area (Å²) in [7, 11) is 0. The van der Waals surface area contributed by atoms with Crippen molar-refractivity contribution < 1.29 is 0 Å². The van der Waals surface area contributed by atoms with Crippen molar-refractivity contribution in [3.05, 3.63) is 0 Å². The van der Waals surface area contributed by atoms with Crippen LogP contribution in [-0.2, 0) is 0 Å². The normalized spacial score (nSPS) is 27.0. The molecule has 125 valence electrons. The summed E-state index contributed by atoms with van der Waals surface area (Å²) < 4.78 is 1.27. The van der Waals surface area contributed by atoms with E-state index >= 15 is 0 Å². The van der Waals surface area contributed by atoms with Gasteiger partial charge in [-0.15, -0.1) is 0 Å². The van der Waals surface area contributed by atoms with E-state index in [4.69, 9.17) is 4.99 Å². The van der Waals surface area contributed by atoms with Crippen molar-refractivity contribution >= 4 is 20.7 Å². The third-order valence-electron chi connectivity index (χ3n) is 6.02. The van der Waals surface area contributed by atoms with Gasteiger partial charge < -0.3 is 0 Å². The Labute approximate surface area is 145 Å². The van der Waals surface area contributed by atoms with Gasteiger partial charge in [-0.25, -0.2) is 0 Å². The summed E-state index contributed by atoms with van der Waals surface area (Å²) in [6.45, 7) is 0. The predicted molar refractivity (Wildman–Crippen MR) is 95.6 cm³/mol. The Morgan fingerprint density at radius 2 is 1.05 bits per heavy atom. The first-order valence-electron chi connectivity index (χ1n) is 9.88. The number of amidine groups is 1. The second-order valence-electron chi connectivity index (χ2n) is 7.69. The summed E-state index contributed by atoms with van der Waals surface area (Å²) in [5.74, 6) is 0. The standard InChI is InChI=1S/C19H33N2Se/c22-19(20-16-10-4-1-5-11-16)21(17-12-6-2-7-13-17)18-14-8-3-9-15-18/h16-18H,1-15H2. The monoisotopic (exact) mass is 369 g/mol. The van der Waals surface area contributed by atoms with Crippen LogP contribution in [-0.4, -0.2) is 43.8 Å². The van der Waals surface area contributed by atoms with E-state index in [1.807, 2.05) is 0 Å². The van der Waals surface area contributed by atoms with E-state index in [0.717, 1.165) is 12.1 Å². The summed E-state index contributed by atoms with van der Waals surface area (Å²) >= 11 is 3.39. The van der Waals surface area contributed by atoms with Crippen LogP contribution in [0.25, 0.3) is 0 Å². The average Bonchev–Trinajstić information content (AvgIpc) is 2.58. The molecule has 0 N–H and O–H groups in total. The fourth-order valence-electron chi connectivity index (χ4n) is 4.76. The molecule has 22 heavy (non-hydrogen) atoms. The molecule has 0 heterocycles. The summed E-state index contributed by atoms with van der Waals surface area (Å²) in [6, 6.07) is 2.13. The number of hydrogen-bond donors (Lipinski definition) is 0. The molecule has 0 bridgehead atoms. The summed E-state index contributed by atoms with van der Waals surface area (Å²) in [5.41, 5.74) is 0. The fourth-order valence-corrected chi connectivity index (χ4v) is 5.70. The molecule has 3 aliphatic carbocycles. The molecule has 0 spiro atoms. The van der Waals surface area contributed by atoms with Gasteiger partial charge in [-0.3, -0.25) is 0 Å². The van der Waals surface area contributed by atoms with Crippen LogP contribution in [0.3, 0.4) is 0 Å². The van der Waals surface area contributed by atoms with E-state index in [2.05, 4.69) is 20.9 Å². The predicted octanol–water partition coefficient (Wildman–Crippen LogP) is 4.81. The molecule has 3 heteroatoms. The molecule has 3 saturated carbocycles. The van der Waals surface area contributed by atoms with Gasteiger partial charge in [-0.1, -0.05) is 0 Å². The minimum atomic E-state index is 0.597. The Morgan fingerprint density at radius 1 is 0.636 bits per heavy atom. The van der Waals surface area contributed by atoms with Gasteiger partial charge in [0.25, 0.3) is 0 Å². The van der Waals surface area contributed by atoms with Crippen LogP contribution in [0.5, 0.6) is 0 Å². The van der Waals surface area contributed by atoms with Crippen LogP contribution in [0.1, 0.15) is 96.3 Å². The Kier molecular flexibility index (Phi) is 6.68. The molecule has 0 amide bonds. The van der Waals surface area contributed by atoms with Crippen molar-refractivity contribution in [3.8, 4) is 0 Å². The molecule has 0 aromatic heterocycles. The van der Waals surface area contributed by atoms with Gasteiger partial charge in [0.1, 0.15) is 0 Å². The van der Waals surface area contributed by atoms with Crippen molar-refractivity contribution in [1.29, 1.82) is 0 Å². The third-order valence-corrected chi connectivity index (χ3v) is 6.69. The molecule has 1 radical (unpaired) electrons. The first kappa shape index (κ1) is 16.8. The number of hydrogen-bond acceptors (Lipinski definition) is 1. The first-order valence-corrected chi connectivity index (χ1v) is 10.7. The van der Waals surface area contributed by atoms with Crippen LogP contribution in [0.4, 0.5) is 0 Å². The molecule has 0 aliphatic heterocycles. The molecule has 3 aliphatic rings. The number of aliphatic imine (C=N–C) groups is 1. The third kappa shape index (κ3) is 4.51. The van der Waals surface area contributed by atoms with Crippen molar-refractivity contribution in [2.75, 3.05) is 0 Å². The maximum atomic E-state index is 5.17. The summed E-state index contributed by atoms with van der Waals surface area (Å²) in [5, 5.41) is 0. The average molecular weight is 368 g/mol. The van der Waals surface area contributed by atoms with Gasteiger partial charge in [0.05, 0.1) is 0 Å². The molecule has 0 saturated heterocycles. The SMILES string of the molecule is [Se]C(=NC1CCCCC1)N(C1CCCCC1)C1CCCCC1. The van der Waals surface area contributed by atoms with Gasteiger partial charge in [-0.05, 0) is 0 Å². The number of nitrogens with zero attached hydrogens (tertiary/aromatic N) is 2. The quantitative estimate of drug-likeness (QED) is 0.396. The maximum absolute atomic E-state index is 5.17. The van der Waals surface area contributed by atoms with E-state index in [9.17, 15) is 0 Å². The van der Waals surface area contributed by atoms with E-state index in [0.29, 0.717) is 6.04 Å². The summed E-state index contributed by atoms with van der Waals surface area (Å²) in [6.07, 6.45) is 20.9. The van der Waals surface area contributed by atoms with Crippen LogP contribution in [0.2, 0.25) is 0 Å². The Bertz CT molecular complexity index is 332.